The van der Waals surface area contributed by atoms with Gasteiger partial charge < -0.3 is 10.1 Å². The van der Waals surface area contributed by atoms with Crippen molar-refractivity contribution in [3.05, 3.63) is 35.9 Å². The first-order chi connectivity index (χ1) is 11.2. The molecule has 4 nitrogen and oxygen atoms in total. The molecule has 0 radical (unpaired) electrons. The normalized spacial score (nSPS) is 26.7. The minimum absolute atomic E-state index is 0.0937. The zero-order chi connectivity index (χ0) is 16.2. The maximum absolute atomic E-state index is 12.2. The Morgan fingerprint density at radius 1 is 1.30 bits per heavy atom. The number of rotatable bonds is 6. The summed E-state index contributed by atoms with van der Waals surface area (Å²) in [6, 6.07) is 11.4. The van der Waals surface area contributed by atoms with Crippen LogP contribution in [-0.4, -0.2) is 42.6 Å². The highest BCUT2D eigenvalue weighted by atomic mass is 16.5. The standard InChI is InChI=1S/C19H28N2O2/c1-3-23-18-13-17(18)19(22)20-16-9-11-21(12-10-16)14(2)15-7-5-4-6-8-15/h4-8,14,16-18H,3,9-13H2,1-2H3,(H,20,22)/t14-,17-,18-/m1/s1. The number of piperidine rings is 1. The molecule has 23 heavy (non-hydrogen) atoms. The zero-order valence-electron chi connectivity index (χ0n) is 14.2. The van der Waals surface area contributed by atoms with E-state index < -0.39 is 0 Å². The molecule has 0 unspecified atom stereocenters. The second-order valence-electron chi connectivity index (χ2n) is 6.74. The van der Waals surface area contributed by atoms with Crippen molar-refractivity contribution >= 4 is 5.91 Å². The van der Waals surface area contributed by atoms with E-state index in [1.54, 1.807) is 0 Å². The van der Waals surface area contributed by atoms with Gasteiger partial charge in [-0.1, -0.05) is 30.3 Å². The molecule has 1 saturated carbocycles. The third kappa shape index (κ3) is 4.12. The van der Waals surface area contributed by atoms with Gasteiger partial charge in [0.05, 0.1) is 12.0 Å². The molecule has 0 aromatic heterocycles. The number of hydrogen-bond acceptors (Lipinski definition) is 3. The van der Waals surface area contributed by atoms with Crippen molar-refractivity contribution in [3.8, 4) is 0 Å². The highest BCUT2D eigenvalue weighted by molar-refractivity contribution is 5.82. The van der Waals surface area contributed by atoms with Crippen molar-refractivity contribution in [2.75, 3.05) is 19.7 Å². The number of carbonyl (C=O) groups excluding carboxylic acids is 1. The average molecular weight is 316 g/mol. The maximum Gasteiger partial charge on any atom is 0.226 e. The monoisotopic (exact) mass is 316 g/mol. The number of hydrogen-bond donors (Lipinski definition) is 1. The highest BCUT2D eigenvalue weighted by Crippen LogP contribution is 2.34. The van der Waals surface area contributed by atoms with Crippen LogP contribution >= 0.6 is 0 Å². The summed E-state index contributed by atoms with van der Waals surface area (Å²) in [4.78, 5) is 14.7. The van der Waals surface area contributed by atoms with E-state index in [0.717, 1.165) is 32.4 Å². The Morgan fingerprint density at radius 2 is 2.00 bits per heavy atom. The van der Waals surface area contributed by atoms with Gasteiger partial charge in [-0.25, -0.2) is 0 Å². The van der Waals surface area contributed by atoms with Crippen molar-refractivity contribution in [3.63, 3.8) is 0 Å². The summed E-state index contributed by atoms with van der Waals surface area (Å²) in [5.41, 5.74) is 1.37. The Labute approximate surface area is 139 Å². The first-order valence-electron chi connectivity index (χ1n) is 8.90. The molecule has 1 heterocycles. The van der Waals surface area contributed by atoms with Gasteiger partial charge in [-0.3, -0.25) is 9.69 Å². The van der Waals surface area contributed by atoms with E-state index >= 15 is 0 Å². The number of likely N-dealkylation sites (tertiary alicyclic amines) is 1. The summed E-state index contributed by atoms with van der Waals surface area (Å²) in [6.45, 7) is 7.04. The lowest BCUT2D eigenvalue weighted by atomic mass is 10.00. The highest BCUT2D eigenvalue weighted by Gasteiger charge is 2.44. The predicted molar refractivity (Wildman–Crippen MR) is 91.1 cm³/mol. The molecule has 1 aromatic carbocycles. The average Bonchev–Trinajstić information content (AvgIpc) is 3.35. The molecule has 1 amide bonds. The number of ether oxygens (including phenoxy) is 1. The number of amides is 1. The SMILES string of the molecule is CCO[C@@H]1C[C@H]1C(=O)NC1CCN([C@H](C)c2ccccc2)CC1. The third-order valence-electron chi connectivity index (χ3n) is 5.16. The second kappa shape index (κ2) is 7.45. The Morgan fingerprint density at radius 3 is 2.65 bits per heavy atom. The molecule has 1 N–H and O–H groups in total. The van der Waals surface area contributed by atoms with Crippen molar-refractivity contribution in [2.24, 2.45) is 5.92 Å². The molecule has 2 fully saturated rings. The Hall–Kier alpha value is -1.39. The smallest absolute Gasteiger partial charge is 0.226 e. The molecule has 0 bridgehead atoms. The zero-order valence-corrected chi connectivity index (χ0v) is 14.2. The molecule has 2 aliphatic rings. The number of benzene rings is 1. The van der Waals surface area contributed by atoms with Gasteiger partial charge in [-0.2, -0.15) is 0 Å². The first-order valence-corrected chi connectivity index (χ1v) is 8.90. The van der Waals surface area contributed by atoms with Crippen LogP contribution in [0.4, 0.5) is 0 Å². The fraction of sp³-hybridized carbons (Fsp3) is 0.632. The summed E-state index contributed by atoms with van der Waals surface area (Å²) >= 11 is 0. The fourth-order valence-corrected chi connectivity index (χ4v) is 3.53. The summed E-state index contributed by atoms with van der Waals surface area (Å²) in [5.74, 6) is 0.286. The van der Waals surface area contributed by atoms with Crippen LogP contribution in [0.2, 0.25) is 0 Å². The lowest BCUT2D eigenvalue weighted by Crippen LogP contribution is -2.45. The predicted octanol–water partition coefficient (Wildman–Crippen LogP) is 2.75. The van der Waals surface area contributed by atoms with Crippen LogP contribution in [0.3, 0.4) is 0 Å². The summed E-state index contributed by atoms with van der Waals surface area (Å²) in [7, 11) is 0. The fourth-order valence-electron chi connectivity index (χ4n) is 3.53. The molecule has 3 rings (SSSR count). The third-order valence-corrected chi connectivity index (χ3v) is 5.16. The van der Waals surface area contributed by atoms with Crippen LogP contribution in [0, 0.1) is 5.92 Å². The summed E-state index contributed by atoms with van der Waals surface area (Å²) < 4.78 is 5.50. The second-order valence-corrected chi connectivity index (χ2v) is 6.74. The molecular weight excluding hydrogens is 288 g/mol. The molecule has 1 saturated heterocycles. The molecule has 126 valence electrons. The van der Waals surface area contributed by atoms with E-state index in [4.69, 9.17) is 4.74 Å². The van der Waals surface area contributed by atoms with Crippen LogP contribution in [0.1, 0.15) is 44.7 Å². The number of nitrogens with one attached hydrogen (secondary N) is 1. The van der Waals surface area contributed by atoms with E-state index in [0.29, 0.717) is 18.7 Å². The molecule has 4 heteroatoms. The molecule has 1 aliphatic heterocycles. The number of carbonyl (C=O) groups is 1. The van der Waals surface area contributed by atoms with Gasteiger partial charge in [0.25, 0.3) is 0 Å². The topological polar surface area (TPSA) is 41.6 Å². The largest absolute Gasteiger partial charge is 0.378 e. The van der Waals surface area contributed by atoms with Crippen LogP contribution in [-0.2, 0) is 9.53 Å². The van der Waals surface area contributed by atoms with Gasteiger partial charge in [0, 0.05) is 31.8 Å². The number of nitrogens with zero attached hydrogens (tertiary/aromatic N) is 1. The molecule has 1 aromatic rings. The molecule has 1 aliphatic carbocycles. The Bertz CT molecular complexity index is 511. The van der Waals surface area contributed by atoms with Gasteiger partial charge in [-0.05, 0) is 38.7 Å². The van der Waals surface area contributed by atoms with Gasteiger partial charge >= 0.3 is 0 Å². The first kappa shape index (κ1) is 16.5. The van der Waals surface area contributed by atoms with Crippen molar-refractivity contribution in [2.45, 2.75) is 51.3 Å². The van der Waals surface area contributed by atoms with Gasteiger partial charge in [0.2, 0.25) is 5.91 Å². The molecule has 3 atom stereocenters. The summed E-state index contributed by atoms with van der Waals surface area (Å²) in [6.07, 6.45) is 3.13. The van der Waals surface area contributed by atoms with Gasteiger partial charge in [0.1, 0.15) is 0 Å². The Kier molecular flexibility index (Phi) is 5.34. The van der Waals surface area contributed by atoms with Crippen molar-refractivity contribution in [1.82, 2.24) is 10.2 Å². The van der Waals surface area contributed by atoms with E-state index in [9.17, 15) is 4.79 Å². The lowest BCUT2D eigenvalue weighted by Gasteiger charge is -2.36. The van der Waals surface area contributed by atoms with Crippen molar-refractivity contribution < 1.29 is 9.53 Å². The van der Waals surface area contributed by atoms with E-state index in [-0.39, 0.29) is 17.9 Å². The van der Waals surface area contributed by atoms with Crippen molar-refractivity contribution in [1.29, 1.82) is 0 Å². The summed E-state index contributed by atoms with van der Waals surface area (Å²) in [5, 5.41) is 3.22. The van der Waals surface area contributed by atoms with E-state index in [1.807, 2.05) is 6.92 Å². The Balaban J connectivity index is 1.43. The van der Waals surface area contributed by atoms with E-state index in [1.165, 1.54) is 5.56 Å². The minimum Gasteiger partial charge on any atom is -0.378 e. The van der Waals surface area contributed by atoms with Crippen LogP contribution in [0.25, 0.3) is 0 Å². The minimum atomic E-state index is 0.0937. The van der Waals surface area contributed by atoms with Crippen LogP contribution in [0.15, 0.2) is 30.3 Å². The van der Waals surface area contributed by atoms with E-state index in [2.05, 4.69) is 47.5 Å². The quantitative estimate of drug-likeness (QED) is 0.877. The molecule has 0 spiro atoms. The van der Waals surface area contributed by atoms with Gasteiger partial charge in [0.15, 0.2) is 0 Å². The van der Waals surface area contributed by atoms with Crippen LogP contribution in [0.5, 0.6) is 0 Å². The lowest BCUT2D eigenvalue weighted by molar-refractivity contribution is -0.124. The van der Waals surface area contributed by atoms with Gasteiger partial charge in [-0.15, -0.1) is 0 Å². The molecular formula is C19H28N2O2. The van der Waals surface area contributed by atoms with Crippen LogP contribution < -0.4 is 5.32 Å². The maximum atomic E-state index is 12.2.